The normalized spacial score (nSPS) is 15.2. The third-order valence-corrected chi connectivity index (χ3v) is 6.98. The summed E-state index contributed by atoms with van der Waals surface area (Å²) >= 11 is 18.0. The van der Waals surface area contributed by atoms with E-state index in [-0.39, 0.29) is 20.5 Å². The summed E-state index contributed by atoms with van der Waals surface area (Å²) in [6.07, 6.45) is 1.62. The molecule has 1 fully saturated rings. The average molecular weight is 434 g/mol. The van der Waals surface area contributed by atoms with E-state index < -0.39 is 15.9 Å². The van der Waals surface area contributed by atoms with E-state index in [9.17, 15) is 13.2 Å². The molecule has 0 radical (unpaired) electrons. The molecule has 0 bridgehead atoms. The Balaban J connectivity index is 1.90. The summed E-state index contributed by atoms with van der Waals surface area (Å²) in [6.45, 7) is 0.908. The lowest BCUT2D eigenvalue weighted by molar-refractivity contribution is 0.102. The van der Waals surface area contributed by atoms with E-state index in [0.29, 0.717) is 23.8 Å². The Bertz CT molecular complexity index is 958. The first-order chi connectivity index (χ1) is 12.3. The number of hydrogen-bond donors (Lipinski definition) is 1. The minimum absolute atomic E-state index is 0.0732. The summed E-state index contributed by atoms with van der Waals surface area (Å²) in [5.41, 5.74) is 0.540. The van der Waals surface area contributed by atoms with Gasteiger partial charge in [0.2, 0.25) is 10.0 Å². The monoisotopic (exact) mass is 432 g/mol. The molecule has 5 nitrogen and oxygen atoms in total. The molecule has 9 heteroatoms. The Morgan fingerprint density at radius 3 is 2.31 bits per heavy atom. The lowest BCUT2D eigenvalue weighted by atomic mass is 10.2. The van der Waals surface area contributed by atoms with E-state index in [1.54, 1.807) is 12.1 Å². The summed E-state index contributed by atoms with van der Waals surface area (Å²) in [6, 6.07) is 8.82. The summed E-state index contributed by atoms with van der Waals surface area (Å²) in [5, 5.41) is 3.45. The predicted octanol–water partition coefficient (Wildman–Crippen LogP) is 4.68. The molecule has 1 aliphatic heterocycles. The van der Waals surface area contributed by atoms with Crippen LogP contribution in [0.15, 0.2) is 41.3 Å². The van der Waals surface area contributed by atoms with Crippen molar-refractivity contribution < 1.29 is 13.2 Å². The molecule has 1 amide bonds. The molecular formula is C17H15Cl3N2O3S. The van der Waals surface area contributed by atoms with Crippen molar-refractivity contribution in [1.82, 2.24) is 4.31 Å². The number of carbonyl (C=O) groups is 1. The van der Waals surface area contributed by atoms with Crippen molar-refractivity contribution in [2.75, 3.05) is 18.4 Å². The second kappa shape index (κ2) is 7.74. The van der Waals surface area contributed by atoms with E-state index in [1.165, 1.54) is 28.6 Å². The van der Waals surface area contributed by atoms with Crippen LogP contribution in [0.4, 0.5) is 5.69 Å². The number of hydrogen-bond acceptors (Lipinski definition) is 3. The number of nitrogens with zero attached hydrogens (tertiary/aromatic N) is 1. The molecule has 0 atom stereocenters. The number of rotatable bonds is 4. The summed E-state index contributed by atoms with van der Waals surface area (Å²) in [7, 11) is -3.73. The van der Waals surface area contributed by atoms with Gasteiger partial charge < -0.3 is 5.32 Å². The van der Waals surface area contributed by atoms with Gasteiger partial charge in [0.05, 0.1) is 15.7 Å². The highest BCUT2D eigenvalue weighted by Crippen LogP contribution is 2.29. The fourth-order valence-electron chi connectivity index (χ4n) is 2.70. The van der Waals surface area contributed by atoms with Crippen LogP contribution < -0.4 is 5.32 Å². The van der Waals surface area contributed by atoms with Crippen LogP contribution in [0, 0.1) is 0 Å². The van der Waals surface area contributed by atoms with Gasteiger partial charge in [-0.25, -0.2) is 8.42 Å². The summed E-state index contributed by atoms with van der Waals surface area (Å²) < 4.78 is 26.9. The van der Waals surface area contributed by atoms with E-state index in [0.717, 1.165) is 12.8 Å². The van der Waals surface area contributed by atoms with Gasteiger partial charge in [-0.15, -0.1) is 0 Å². The number of amides is 1. The number of sulfonamides is 1. The molecule has 1 N–H and O–H groups in total. The largest absolute Gasteiger partial charge is 0.321 e. The van der Waals surface area contributed by atoms with Crippen LogP contribution in [0.3, 0.4) is 0 Å². The Morgan fingerprint density at radius 2 is 1.65 bits per heavy atom. The SMILES string of the molecule is O=C(Nc1ccc(Cl)cc1Cl)c1ccc(Cl)c(S(=O)(=O)N2CCCC2)c1. The van der Waals surface area contributed by atoms with Crippen LogP contribution in [0.25, 0.3) is 0 Å². The Morgan fingerprint density at radius 1 is 0.962 bits per heavy atom. The van der Waals surface area contributed by atoms with Crippen molar-refractivity contribution in [2.45, 2.75) is 17.7 Å². The Labute approximate surface area is 166 Å². The molecule has 1 aliphatic rings. The summed E-state index contributed by atoms with van der Waals surface area (Å²) in [4.78, 5) is 12.4. The van der Waals surface area contributed by atoms with E-state index in [1.807, 2.05) is 0 Å². The zero-order chi connectivity index (χ0) is 18.9. The molecule has 0 aromatic heterocycles. The van der Waals surface area contributed by atoms with Gasteiger partial charge in [0.25, 0.3) is 5.91 Å². The fraction of sp³-hybridized carbons (Fsp3) is 0.235. The molecule has 1 saturated heterocycles. The van der Waals surface area contributed by atoms with Crippen LogP contribution >= 0.6 is 34.8 Å². The van der Waals surface area contributed by atoms with Crippen LogP contribution in [0.1, 0.15) is 23.2 Å². The quantitative estimate of drug-likeness (QED) is 0.761. The molecule has 0 unspecified atom stereocenters. The van der Waals surface area contributed by atoms with E-state index >= 15 is 0 Å². The molecule has 0 saturated carbocycles. The van der Waals surface area contributed by atoms with Crippen LogP contribution in [-0.4, -0.2) is 31.7 Å². The maximum absolute atomic E-state index is 12.8. The zero-order valence-corrected chi connectivity index (χ0v) is 16.6. The molecule has 0 aliphatic carbocycles. The first-order valence-electron chi connectivity index (χ1n) is 7.85. The maximum atomic E-state index is 12.8. The van der Waals surface area contributed by atoms with Crippen LogP contribution in [-0.2, 0) is 10.0 Å². The predicted molar refractivity (Wildman–Crippen MR) is 104 cm³/mol. The summed E-state index contributed by atoms with van der Waals surface area (Å²) in [5.74, 6) is -0.497. The molecule has 3 rings (SSSR count). The number of nitrogens with one attached hydrogen (secondary N) is 1. The highest BCUT2D eigenvalue weighted by molar-refractivity contribution is 7.89. The highest BCUT2D eigenvalue weighted by Gasteiger charge is 2.29. The van der Waals surface area contributed by atoms with Gasteiger partial charge in [0.15, 0.2) is 0 Å². The molecular weight excluding hydrogens is 419 g/mol. The highest BCUT2D eigenvalue weighted by atomic mass is 35.5. The van der Waals surface area contributed by atoms with Crippen molar-refractivity contribution in [1.29, 1.82) is 0 Å². The first kappa shape index (κ1) is 19.5. The van der Waals surface area contributed by atoms with Gasteiger partial charge >= 0.3 is 0 Å². The lowest BCUT2D eigenvalue weighted by Gasteiger charge is -2.17. The Kier molecular flexibility index (Phi) is 5.79. The van der Waals surface area contributed by atoms with Crippen LogP contribution in [0.2, 0.25) is 15.1 Å². The van der Waals surface area contributed by atoms with Crippen LogP contribution in [0.5, 0.6) is 0 Å². The van der Waals surface area contributed by atoms with Gasteiger partial charge in [-0.3, -0.25) is 4.79 Å². The second-order valence-corrected chi connectivity index (χ2v) is 8.99. The average Bonchev–Trinajstić information content (AvgIpc) is 3.13. The van der Waals surface area contributed by atoms with Gasteiger partial charge in [0, 0.05) is 23.7 Å². The minimum atomic E-state index is -3.73. The zero-order valence-electron chi connectivity index (χ0n) is 13.5. The van der Waals surface area contributed by atoms with Crippen molar-refractivity contribution in [3.05, 3.63) is 57.0 Å². The fourth-order valence-corrected chi connectivity index (χ4v) is 5.17. The van der Waals surface area contributed by atoms with Gasteiger partial charge in [-0.1, -0.05) is 34.8 Å². The maximum Gasteiger partial charge on any atom is 0.255 e. The van der Waals surface area contributed by atoms with E-state index in [2.05, 4.69) is 5.32 Å². The number of benzene rings is 2. The van der Waals surface area contributed by atoms with Gasteiger partial charge in [-0.05, 0) is 49.2 Å². The second-order valence-electron chi connectivity index (χ2n) is 5.83. The third-order valence-electron chi connectivity index (χ3n) is 4.06. The molecule has 138 valence electrons. The molecule has 2 aromatic carbocycles. The minimum Gasteiger partial charge on any atom is -0.321 e. The Hall–Kier alpha value is -1.31. The molecule has 0 spiro atoms. The van der Waals surface area contributed by atoms with Crippen molar-refractivity contribution in [3.63, 3.8) is 0 Å². The molecule has 26 heavy (non-hydrogen) atoms. The van der Waals surface area contributed by atoms with Crippen molar-refractivity contribution in [2.24, 2.45) is 0 Å². The number of anilines is 1. The molecule has 2 aromatic rings. The lowest BCUT2D eigenvalue weighted by Crippen LogP contribution is -2.28. The van der Waals surface area contributed by atoms with Gasteiger partial charge in [0.1, 0.15) is 4.90 Å². The topological polar surface area (TPSA) is 66.5 Å². The standard InChI is InChI=1S/C17H15Cl3N2O3S/c18-12-4-6-15(14(20)10-12)21-17(23)11-3-5-13(19)16(9-11)26(24,25)22-7-1-2-8-22/h3-6,9-10H,1-2,7-8H2,(H,21,23). The first-order valence-corrected chi connectivity index (χ1v) is 10.4. The van der Waals surface area contributed by atoms with E-state index in [4.69, 9.17) is 34.8 Å². The number of halogens is 3. The van der Waals surface area contributed by atoms with Gasteiger partial charge in [-0.2, -0.15) is 4.31 Å². The van der Waals surface area contributed by atoms with Crippen molar-refractivity contribution in [3.8, 4) is 0 Å². The number of carbonyl (C=O) groups excluding carboxylic acids is 1. The van der Waals surface area contributed by atoms with Crippen molar-refractivity contribution >= 4 is 56.4 Å². The smallest absolute Gasteiger partial charge is 0.255 e. The molecule has 1 heterocycles. The third kappa shape index (κ3) is 4.00.